The van der Waals surface area contributed by atoms with Crippen LogP contribution in [-0.4, -0.2) is 22.8 Å². The molecule has 3 N–H and O–H groups in total. The highest BCUT2D eigenvalue weighted by Crippen LogP contribution is 2.32. The molecule has 0 aliphatic rings. The molecule has 0 unspecified atom stereocenters. The molecule has 3 aromatic rings. The van der Waals surface area contributed by atoms with Crippen LogP contribution in [0.25, 0.3) is 22.8 Å². The summed E-state index contributed by atoms with van der Waals surface area (Å²) in [6, 6.07) is 13.1. The van der Waals surface area contributed by atoms with Crippen molar-refractivity contribution in [2.24, 2.45) is 0 Å². The predicted octanol–water partition coefficient (Wildman–Crippen LogP) is 3.91. The van der Waals surface area contributed by atoms with Crippen LogP contribution in [0.15, 0.2) is 53.1 Å². The Hall–Kier alpha value is -2.79. The molecule has 0 aliphatic carbocycles. The fraction of sp³-hybridized carbons (Fsp3) is 0.250. The quantitative estimate of drug-likeness (QED) is 0.689. The number of nitrogens with zero attached hydrogens (tertiary/aromatic N) is 1. The van der Waals surface area contributed by atoms with Gasteiger partial charge in [-0.2, -0.15) is 0 Å². The van der Waals surface area contributed by atoms with Gasteiger partial charge in [-0.25, -0.2) is 4.98 Å². The summed E-state index contributed by atoms with van der Waals surface area (Å²) in [5, 5.41) is 10.2. The molecule has 0 atom stereocenters. The van der Waals surface area contributed by atoms with E-state index in [-0.39, 0.29) is 0 Å². The van der Waals surface area contributed by atoms with E-state index in [0.29, 0.717) is 23.8 Å². The summed E-state index contributed by atoms with van der Waals surface area (Å²) < 4.78 is 11.2. The molecule has 25 heavy (non-hydrogen) atoms. The summed E-state index contributed by atoms with van der Waals surface area (Å²) in [4.78, 5) is 4.38. The molecule has 0 amide bonds. The van der Waals surface area contributed by atoms with Crippen molar-refractivity contribution in [2.75, 3.05) is 12.8 Å². The molecule has 0 aliphatic heterocycles. The van der Waals surface area contributed by atoms with Crippen molar-refractivity contribution in [3.8, 4) is 28.5 Å². The highest BCUT2D eigenvalue weighted by Gasteiger charge is 2.19. The van der Waals surface area contributed by atoms with Crippen LogP contribution < -0.4 is 10.5 Å². The van der Waals surface area contributed by atoms with Gasteiger partial charge in [0.25, 0.3) is 0 Å². The summed E-state index contributed by atoms with van der Waals surface area (Å²) in [6.07, 6.45) is 2.16. The molecule has 5 nitrogen and oxygen atoms in total. The second-order valence-electron chi connectivity index (χ2n) is 6.67. The molecule has 0 saturated heterocycles. The first-order chi connectivity index (χ1) is 11.9. The number of methoxy groups -OCH3 is 1. The maximum Gasteiger partial charge on any atom is 0.226 e. The summed E-state index contributed by atoms with van der Waals surface area (Å²) in [7, 11) is 1.62. The molecule has 2 aromatic carbocycles. The standard InChI is InChI=1S/C20H22N2O3/c1-20(2,23)11-14-7-8-15(21)10-17(14)18-12-22-19(25-18)13-5-4-6-16(9-13)24-3/h4-10,12,23H,11,21H2,1-3H3. The Labute approximate surface area is 147 Å². The molecule has 1 heterocycles. The molecular formula is C20H22N2O3. The van der Waals surface area contributed by atoms with E-state index in [1.807, 2.05) is 42.5 Å². The zero-order valence-corrected chi connectivity index (χ0v) is 14.6. The van der Waals surface area contributed by atoms with Crippen LogP contribution in [0.2, 0.25) is 0 Å². The van der Waals surface area contributed by atoms with Gasteiger partial charge in [-0.15, -0.1) is 0 Å². The first-order valence-electron chi connectivity index (χ1n) is 8.07. The fourth-order valence-electron chi connectivity index (χ4n) is 2.73. The predicted molar refractivity (Wildman–Crippen MR) is 98.3 cm³/mol. The molecule has 0 fully saturated rings. The Bertz CT molecular complexity index is 879. The van der Waals surface area contributed by atoms with Gasteiger partial charge < -0.3 is 20.0 Å². The highest BCUT2D eigenvalue weighted by atomic mass is 16.5. The van der Waals surface area contributed by atoms with Gasteiger partial charge in [0.15, 0.2) is 5.76 Å². The van der Waals surface area contributed by atoms with Gasteiger partial charge in [0.1, 0.15) is 5.75 Å². The molecule has 0 saturated carbocycles. The SMILES string of the molecule is COc1cccc(-c2ncc(-c3cc(N)ccc3CC(C)(C)O)o2)c1. The molecule has 5 heteroatoms. The number of ether oxygens (including phenoxy) is 1. The highest BCUT2D eigenvalue weighted by molar-refractivity contribution is 5.68. The minimum Gasteiger partial charge on any atom is -0.497 e. The summed E-state index contributed by atoms with van der Waals surface area (Å²) in [6.45, 7) is 3.55. The van der Waals surface area contributed by atoms with E-state index in [2.05, 4.69) is 4.98 Å². The molecule has 0 spiro atoms. The van der Waals surface area contributed by atoms with E-state index >= 15 is 0 Å². The van der Waals surface area contributed by atoms with Crippen LogP contribution in [0.5, 0.6) is 5.75 Å². The van der Waals surface area contributed by atoms with Crippen LogP contribution in [0.4, 0.5) is 5.69 Å². The van der Waals surface area contributed by atoms with Crippen molar-refractivity contribution in [3.63, 3.8) is 0 Å². The third kappa shape index (κ3) is 4.00. The minimum atomic E-state index is -0.833. The van der Waals surface area contributed by atoms with Crippen molar-refractivity contribution in [2.45, 2.75) is 25.9 Å². The lowest BCUT2D eigenvalue weighted by Crippen LogP contribution is -2.22. The molecule has 0 radical (unpaired) electrons. The molecule has 0 bridgehead atoms. The maximum absolute atomic E-state index is 10.2. The zero-order valence-electron chi connectivity index (χ0n) is 14.6. The summed E-state index contributed by atoms with van der Waals surface area (Å²) in [5.41, 5.74) is 8.37. The second kappa shape index (κ2) is 6.61. The van der Waals surface area contributed by atoms with E-state index in [4.69, 9.17) is 14.9 Å². The van der Waals surface area contributed by atoms with Gasteiger partial charge in [0.05, 0.1) is 18.9 Å². The van der Waals surface area contributed by atoms with E-state index < -0.39 is 5.60 Å². The van der Waals surface area contributed by atoms with Crippen LogP contribution in [-0.2, 0) is 6.42 Å². The smallest absolute Gasteiger partial charge is 0.226 e. The molecular weight excluding hydrogens is 316 g/mol. The number of benzene rings is 2. The fourth-order valence-corrected chi connectivity index (χ4v) is 2.73. The maximum atomic E-state index is 10.2. The third-order valence-electron chi connectivity index (χ3n) is 3.84. The minimum absolute atomic E-state index is 0.484. The molecule has 1 aromatic heterocycles. The second-order valence-corrected chi connectivity index (χ2v) is 6.67. The topological polar surface area (TPSA) is 81.5 Å². The lowest BCUT2D eigenvalue weighted by molar-refractivity contribution is 0.0811. The van der Waals surface area contributed by atoms with Gasteiger partial charge >= 0.3 is 0 Å². The number of anilines is 1. The van der Waals surface area contributed by atoms with Crippen molar-refractivity contribution in [1.29, 1.82) is 0 Å². The van der Waals surface area contributed by atoms with Crippen LogP contribution >= 0.6 is 0 Å². The lowest BCUT2D eigenvalue weighted by atomic mass is 9.93. The zero-order chi connectivity index (χ0) is 18.0. The van der Waals surface area contributed by atoms with Gasteiger partial charge in [0, 0.05) is 23.2 Å². The Kier molecular flexibility index (Phi) is 4.51. The summed E-state index contributed by atoms with van der Waals surface area (Å²) in [5.74, 6) is 1.86. The Morgan fingerprint density at radius 2 is 2.00 bits per heavy atom. The number of hydrogen-bond acceptors (Lipinski definition) is 5. The van der Waals surface area contributed by atoms with E-state index in [1.54, 1.807) is 27.2 Å². The van der Waals surface area contributed by atoms with E-state index in [0.717, 1.165) is 22.4 Å². The van der Waals surface area contributed by atoms with Gasteiger partial charge in [-0.3, -0.25) is 0 Å². The average molecular weight is 338 g/mol. The molecule has 3 rings (SSSR count). The summed E-state index contributed by atoms with van der Waals surface area (Å²) >= 11 is 0. The van der Waals surface area contributed by atoms with Crippen molar-refractivity contribution >= 4 is 5.69 Å². The largest absolute Gasteiger partial charge is 0.497 e. The first kappa shape index (κ1) is 17.0. The Morgan fingerprint density at radius 1 is 1.20 bits per heavy atom. The number of rotatable bonds is 5. The monoisotopic (exact) mass is 338 g/mol. The number of hydrogen-bond donors (Lipinski definition) is 2. The number of nitrogen functional groups attached to an aromatic ring is 1. The van der Waals surface area contributed by atoms with Gasteiger partial charge in [-0.1, -0.05) is 12.1 Å². The van der Waals surface area contributed by atoms with Crippen molar-refractivity contribution in [1.82, 2.24) is 4.98 Å². The average Bonchev–Trinajstić information content (AvgIpc) is 3.05. The van der Waals surface area contributed by atoms with Gasteiger partial charge in [0.2, 0.25) is 5.89 Å². The van der Waals surface area contributed by atoms with Crippen molar-refractivity contribution < 1.29 is 14.3 Å². The third-order valence-corrected chi connectivity index (χ3v) is 3.84. The van der Waals surface area contributed by atoms with E-state index in [1.165, 1.54) is 0 Å². The Morgan fingerprint density at radius 3 is 2.72 bits per heavy atom. The van der Waals surface area contributed by atoms with Crippen LogP contribution in [0.1, 0.15) is 19.4 Å². The molecule has 130 valence electrons. The van der Waals surface area contributed by atoms with Crippen LogP contribution in [0.3, 0.4) is 0 Å². The number of aliphatic hydroxyl groups is 1. The van der Waals surface area contributed by atoms with E-state index in [9.17, 15) is 5.11 Å². The Balaban J connectivity index is 2.00. The van der Waals surface area contributed by atoms with Gasteiger partial charge in [-0.05, 0) is 49.7 Å². The number of aromatic nitrogens is 1. The normalized spacial score (nSPS) is 11.5. The van der Waals surface area contributed by atoms with Crippen molar-refractivity contribution in [3.05, 3.63) is 54.2 Å². The number of oxazole rings is 1. The number of nitrogens with two attached hydrogens (primary N) is 1. The first-order valence-corrected chi connectivity index (χ1v) is 8.07. The lowest BCUT2D eigenvalue weighted by Gasteiger charge is -2.19. The van der Waals surface area contributed by atoms with Crippen LogP contribution in [0, 0.1) is 0 Å².